The van der Waals surface area contributed by atoms with E-state index in [0.29, 0.717) is 11.6 Å². The highest BCUT2D eigenvalue weighted by Gasteiger charge is 2.12. The van der Waals surface area contributed by atoms with Crippen LogP contribution in [0.5, 0.6) is 0 Å². The van der Waals surface area contributed by atoms with Gasteiger partial charge >= 0.3 is 0 Å². The number of hydrogen-bond acceptors (Lipinski definition) is 4. The van der Waals surface area contributed by atoms with Crippen molar-refractivity contribution in [3.8, 4) is 11.4 Å². The Morgan fingerprint density at radius 2 is 1.84 bits per heavy atom. The number of benzene rings is 2. The summed E-state index contributed by atoms with van der Waals surface area (Å²) in [5, 5.41) is 4.69. The van der Waals surface area contributed by atoms with E-state index >= 15 is 0 Å². The second kappa shape index (κ2) is 7.97. The van der Waals surface area contributed by atoms with Gasteiger partial charge in [-0.25, -0.2) is 9.97 Å². The standard InChI is InChI=1S/C19H18BrN3OS/c1-12(2)21-17(24)11-25-19-15-5-3-4-6-16(15)22-18(23-19)13-7-9-14(20)10-8-13/h3-10,12H,11H2,1-2H3,(H,21,24). The van der Waals surface area contributed by atoms with Crippen molar-refractivity contribution < 1.29 is 4.79 Å². The highest BCUT2D eigenvalue weighted by atomic mass is 79.9. The molecule has 1 heterocycles. The molecule has 0 saturated carbocycles. The number of amides is 1. The second-order valence-corrected chi connectivity index (χ2v) is 7.77. The zero-order chi connectivity index (χ0) is 17.8. The zero-order valence-corrected chi connectivity index (χ0v) is 16.4. The predicted molar refractivity (Wildman–Crippen MR) is 107 cm³/mol. The van der Waals surface area contributed by atoms with Gasteiger partial charge in [-0.3, -0.25) is 4.79 Å². The molecule has 128 valence electrons. The summed E-state index contributed by atoms with van der Waals surface area (Å²) in [4.78, 5) is 21.4. The second-order valence-electron chi connectivity index (χ2n) is 5.89. The van der Waals surface area contributed by atoms with Gasteiger partial charge in [0.2, 0.25) is 5.91 Å². The van der Waals surface area contributed by atoms with E-state index in [2.05, 4.69) is 26.2 Å². The third-order valence-corrected chi connectivity index (χ3v) is 4.98. The molecule has 0 aliphatic carbocycles. The summed E-state index contributed by atoms with van der Waals surface area (Å²) in [7, 11) is 0. The van der Waals surface area contributed by atoms with Gasteiger partial charge in [0.15, 0.2) is 5.82 Å². The first-order valence-corrected chi connectivity index (χ1v) is 9.75. The molecule has 25 heavy (non-hydrogen) atoms. The van der Waals surface area contributed by atoms with Gasteiger partial charge in [0.1, 0.15) is 5.03 Å². The number of para-hydroxylation sites is 1. The summed E-state index contributed by atoms with van der Waals surface area (Å²) in [6.07, 6.45) is 0. The van der Waals surface area contributed by atoms with Gasteiger partial charge in [-0.05, 0) is 32.0 Å². The maximum absolute atomic E-state index is 12.0. The van der Waals surface area contributed by atoms with Crippen molar-refractivity contribution >= 4 is 44.5 Å². The fraction of sp³-hybridized carbons (Fsp3) is 0.211. The Hall–Kier alpha value is -1.92. The van der Waals surface area contributed by atoms with E-state index in [1.54, 1.807) is 0 Å². The summed E-state index contributed by atoms with van der Waals surface area (Å²) in [6.45, 7) is 3.91. The summed E-state index contributed by atoms with van der Waals surface area (Å²) in [6, 6.07) is 15.9. The first-order valence-electron chi connectivity index (χ1n) is 7.98. The number of carbonyl (C=O) groups excluding carboxylic acids is 1. The Labute approximate surface area is 159 Å². The van der Waals surface area contributed by atoms with Crippen molar-refractivity contribution in [3.05, 3.63) is 53.0 Å². The summed E-state index contributed by atoms with van der Waals surface area (Å²) < 4.78 is 1.01. The molecule has 1 N–H and O–H groups in total. The Morgan fingerprint density at radius 1 is 1.12 bits per heavy atom. The molecule has 1 amide bonds. The van der Waals surface area contributed by atoms with Crippen LogP contribution in [-0.2, 0) is 4.79 Å². The van der Waals surface area contributed by atoms with Crippen molar-refractivity contribution in [2.24, 2.45) is 0 Å². The van der Waals surface area contributed by atoms with Gasteiger partial charge < -0.3 is 5.32 Å². The van der Waals surface area contributed by atoms with E-state index in [-0.39, 0.29) is 11.9 Å². The normalized spacial score (nSPS) is 11.0. The lowest BCUT2D eigenvalue weighted by molar-refractivity contribution is -0.119. The van der Waals surface area contributed by atoms with Crippen molar-refractivity contribution in [3.63, 3.8) is 0 Å². The molecular formula is C19H18BrN3OS. The molecule has 3 aromatic rings. The third-order valence-electron chi connectivity index (χ3n) is 3.46. The molecular weight excluding hydrogens is 398 g/mol. The van der Waals surface area contributed by atoms with E-state index in [1.807, 2.05) is 62.4 Å². The monoisotopic (exact) mass is 415 g/mol. The van der Waals surface area contributed by atoms with Crippen LogP contribution in [0, 0.1) is 0 Å². The minimum atomic E-state index is 0.00730. The molecule has 3 rings (SSSR count). The Balaban J connectivity index is 1.95. The number of nitrogens with zero attached hydrogens (tertiary/aromatic N) is 2. The number of nitrogens with one attached hydrogen (secondary N) is 1. The third kappa shape index (κ3) is 4.58. The minimum Gasteiger partial charge on any atom is -0.353 e. The molecule has 0 aliphatic rings. The summed E-state index contributed by atoms with van der Waals surface area (Å²) in [5.41, 5.74) is 1.82. The summed E-state index contributed by atoms with van der Waals surface area (Å²) >= 11 is 4.88. The maximum atomic E-state index is 12.0. The average Bonchev–Trinajstić information content (AvgIpc) is 2.59. The number of thioether (sulfide) groups is 1. The minimum absolute atomic E-state index is 0.00730. The van der Waals surface area contributed by atoms with Crippen molar-refractivity contribution in [1.82, 2.24) is 15.3 Å². The SMILES string of the molecule is CC(C)NC(=O)CSc1nc(-c2ccc(Br)cc2)nc2ccccc12. The molecule has 0 bridgehead atoms. The highest BCUT2D eigenvalue weighted by Crippen LogP contribution is 2.28. The first-order chi connectivity index (χ1) is 12.0. The first kappa shape index (κ1) is 17.9. The molecule has 2 aromatic carbocycles. The number of hydrogen-bond donors (Lipinski definition) is 1. The van der Waals surface area contributed by atoms with Gasteiger partial charge in [0.25, 0.3) is 0 Å². The van der Waals surface area contributed by atoms with E-state index in [0.717, 1.165) is 26.0 Å². The Morgan fingerprint density at radius 3 is 2.56 bits per heavy atom. The Bertz CT molecular complexity index is 897. The van der Waals surface area contributed by atoms with Crippen LogP contribution in [0.15, 0.2) is 58.0 Å². The van der Waals surface area contributed by atoms with E-state index in [1.165, 1.54) is 11.8 Å². The lowest BCUT2D eigenvalue weighted by atomic mass is 10.2. The van der Waals surface area contributed by atoms with Crippen LogP contribution >= 0.6 is 27.7 Å². The topological polar surface area (TPSA) is 54.9 Å². The van der Waals surface area contributed by atoms with Crippen LogP contribution in [0.1, 0.15) is 13.8 Å². The number of halogens is 1. The van der Waals surface area contributed by atoms with Gasteiger partial charge in [-0.1, -0.05) is 58.0 Å². The van der Waals surface area contributed by atoms with Crippen molar-refractivity contribution in [2.75, 3.05) is 5.75 Å². The molecule has 0 fully saturated rings. The van der Waals surface area contributed by atoms with Crippen molar-refractivity contribution in [2.45, 2.75) is 24.9 Å². The van der Waals surface area contributed by atoms with Crippen LogP contribution in [0.3, 0.4) is 0 Å². The van der Waals surface area contributed by atoms with Crippen LogP contribution in [0.25, 0.3) is 22.3 Å². The van der Waals surface area contributed by atoms with Crippen LogP contribution in [-0.4, -0.2) is 27.7 Å². The molecule has 0 radical (unpaired) electrons. The molecule has 0 spiro atoms. The van der Waals surface area contributed by atoms with Crippen LogP contribution < -0.4 is 5.32 Å². The average molecular weight is 416 g/mol. The van der Waals surface area contributed by atoms with Gasteiger partial charge in [0, 0.05) is 21.5 Å². The van der Waals surface area contributed by atoms with Crippen LogP contribution in [0.2, 0.25) is 0 Å². The fourth-order valence-electron chi connectivity index (χ4n) is 2.38. The highest BCUT2D eigenvalue weighted by molar-refractivity contribution is 9.10. The largest absolute Gasteiger partial charge is 0.353 e. The van der Waals surface area contributed by atoms with Gasteiger partial charge in [0.05, 0.1) is 11.3 Å². The number of rotatable bonds is 5. The van der Waals surface area contributed by atoms with Gasteiger partial charge in [-0.2, -0.15) is 0 Å². The lowest BCUT2D eigenvalue weighted by Gasteiger charge is -2.10. The quantitative estimate of drug-likeness (QED) is 0.485. The molecule has 0 saturated heterocycles. The zero-order valence-electron chi connectivity index (χ0n) is 14.0. The fourth-order valence-corrected chi connectivity index (χ4v) is 3.48. The molecule has 0 aliphatic heterocycles. The van der Waals surface area contributed by atoms with E-state index < -0.39 is 0 Å². The number of fused-ring (bicyclic) bond motifs is 1. The lowest BCUT2D eigenvalue weighted by Crippen LogP contribution is -2.31. The molecule has 0 unspecified atom stereocenters. The number of aromatic nitrogens is 2. The summed E-state index contributed by atoms with van der Waals surface area (Å²) in [5.74, 6) is 1.00. The van der Waals surface area contributed by atoms with E-state index in [9.17, 15) is 4.79 Å². The van der Waals surface area contributed by atoms with Gasteiger partial charge in [-0.15, -0.1) is 0 Å². The number of carbonyl (C=O) groups is 1. The van der Waals surface area contributed by atoms with Crippen LogP contribution in [0.4, 0.5) is 0 Å². The smallest absolute Gasteiger partial charge is 0.230 e. The molecule has 4 nitrogen and oxygen atoms in total. The maximum Gasteiger partial charge on any atom is 0.230 e. The molecule has 1 aromatic heterocycles. The molecule has 0 atom stereocenters. The Kier molecular flexibility index (Phi) is 5.71. The molecule has 6 heteroatoms. The van der Waals surface area contributed by atoms with E-state index in [4.69, 9.17) is 4.98 Å². The van der Waals surface area contributed by atoms with Crippen molar-refractivity contribution in [1.29, 1.82) is 0 Å². The predicted octanol–water partition coefficient (Wildman–Crippen LogP) is 4.68.